The van der Waals surface area contributed by atoms with Gasteiger partial charge in [0.1, 0.15) is 0 Å². The first-order valence-electron chi connectivity index (χ1n) is 6.74. The summed E-state index contributed by atoms with van der Waals surface area (Å²) < 4.78 is 7.07. The van der Waals surface area contributed by atoms with Crippen molar-refractivity contribution in [3.63, 3.8) is 0 Å². The number of hydrogen-bond acceptors (Lipinski definition) is 3. The molecule has 22 heavy (non-hydrogen) atoms. The summed E-state index contributed by atoms with van der Waals surface area (Å²) in [7, 11) is 1.59. The summed E-state index contributed by atoms with van der Waals surface area (Å²) in [6.07, 6.45) is 5.46. The van der Waals surface area contributed by atoms with Gasteiger partial charge in [-0.3, -0.25) is 4.99 Å². The molecule has 1 aromatic carbocycles. The lowest BCUT2D eigenvalue weighted by molar-refractivity contribution is 0.398. The lowest BCUT2D eigenvalue weighted by atomic mass is 10.3. The molecule has 0 spiro atoms. The predicted molar refractivity (Wildman–Crippen MR) is 88.8 cm³/mol. The Morgan fingerprint density at radius 1 is 1.14 bits per heavy atom. The molecule has 0 fully saturated rings. The van der Waals surface area contributed by atoms with Gasteiger partial charge in [-0.15, -0.1) is 0 Å². The Morgan fingerprint density at radius 3 is 2.64 bits per heavy atom. The summed E-state index contributed by atoms with van der Waals surface area (Å²) in [6.45, 7) is 0. The molecule has 2 aromatic heterocycles. The molecule has 4 nitrogen and oxygen atoms in total. The van der Waals surface area contributed by atoms with E-state index in [4.69, 9.17) is 16.3 Å². The first-order valence-corrected chi connectivity index (χ1v) is 7.11. The average Bonchev–Trinajstić information content (AvgIpc) is 3.02. The Morgan fingerprint density at radius 2 is 1.95 bits per heavy atom. The molecule has 0 saturated heterocycles. The number of benzene rings is 1. The number of aliphatic imine (C=N–C) groups is 1. The number of nitrogens with zero attached hydrogens (tertiary/aromatic N) is 3. The smallest absolute Gasteiger partial charge is 0.213 e. The maximum absolute atomic E-state index is 5.93. The molecule has 3 rings (SSSR count). The Balaban J connectivity index is 1.85. The van der Waals surface area contributed by atoms with Gasteiger partial charge in [0.25, 0.3) is 0 Å². The zero-order valence-electron chi connectivity index (χ0n) is 12.0. The van der Waals surface area contributed by atoms with E-state index in [9.17, 15) is 0 Å². The molecule has 0 atom stereocenters. The van der Waals surface area contributed by atoms with Crippen LogP contribution in [0.5, 0.6) is 5.88 Å². The van der Waals surface area contributed by atoms with Crippen LogP contribution in [-0.2, 0) is 0 Å². The fourth-order valence-corrected chi connectivity index (χ4v) is 2.17. The zero-order chi connectivity index (χ0) is 15.4. The molecule has 0 aliphatic rings. The Kier molecular flexibility index (Phi) is 4.21. The molecule has 0 N–H and O–H groups in total. The minimum Gasteiger partial charge on any atom is -0.481 e. The molecule has 5 heteroatoms. The van der Waals surface area contributed by atoms with E-state index in [1.807, 2.05) is 53.2 Å². The third-order valence-corrected chi connectivity index (χ3v) is 3.41. The van der Waals surface area contributed by atoms with Gasteiger partial charge >= 0.3 is 0 Å². The maximum atomic E-state index is 5.93. The second kappa shape index (κ2) is 6.45. The van der Waals surface area contributed by atoms with Crippen molar-refractivity contribution < 1.29 is 4.74 Å². The van der Waals surface area contributed by atoms with Crippen LogP contribution in [0.25, 0.3) is 5.69 Å². The number of hydrogen-bond donors (Lipinski definition) is 0. The van der Waals surface area contributed by atoms with Crippen molar-refractivity contribution in [2.45, 2.75) is 0 Å². The van der Waals surface area contributed by atoms with E-state index < -0.39 is 0 Å². The number of pyridine rings is 1. The first-order chi connectivity index (χ1) is 10.8. The lowest BCUT2D eigenvalue weighted by Gasteiger charge is -2.06. The van der Waals surface area contributed by atoms with Crippen LogP contribution < -0.4 is 4.74 Å². The SMILES string of the molecule is COc1ccc(N=Cc2cccn2-c2ccc(Cl)cc2)cn1. The number of rotatable bonds is 4. The van der Waals surface area contributed by atoms with Crippen molar-refractivity contribution in [2.75, 3.05) is 7.11 Å². The highest BCUT2D eigenvalue weighted by Crippen LogP contribution is 2.17. The Bertz CT molecular complexity index is 776. The van der Waals surface area contributed by atoms with Crippen LogP contribution in [0.3, 0.4) is 0 Å². The van der Waals surface area contributed by atoms with Gasteiger partial charge in [0.15, 0.2) is 0 Å². The van der Waals surface area contributed by atoms with Crippen molar-refractivity contribution >= 4 is 23.5 Å². The molecule has 0 aliphatic heterocycles. The van der Waals surface area contributed by atoms with Crippen molar-refractivity contribution in [1.29, 1.82) is 0 Å². The number of methoxy groups -OCH3 is 1. The third kappa shape index (κ3) is 3.18. The highest BCUT2D eigenvalue weighted by Gasteiger charge is 2.01. The van der Waals surface area contributed by atoms with E-state index in [-0.39, 0.29) is 0 Å². The Hall–Kier alpha value is -2.59. The lowest BCUT2D eigenvalue weighted by Crippen LogP contribution is -1.97. The second-order valence-corrected chi connectivity index (χ2v) is 5.03. The fourth-order valence-electron chi connectivity index (χ4n) is 2.05. The molecule has 2 heterocycles. The van der Waals surface area contributed by atoms with Crippen LogP contribution in [0.2, 0.25) is 5.02 Å². The van der Waals surface area contributed by atoms with Crippen LogP contribution in [-0.4, -0.2) is 22.9 Å². The average molecular weight is 312 g/mol. The van der Waals surface area contributed by atoms with Crippen molar-refractivity contribution in [3.05, 3.63) is 71.6 Å². The number of ether oxygens (including phenoxy) is 1. The number of aromatic nitrogens is 2. The van der Waals surface area contributed by atoms with Crippen LogP contribution in [0.4, 0.5) is 5.69 Å². The quantitative estimate of drug-likeness (QED) is 0.674. The normalized spacial score (nSPS) is 11.0. The van der Waals surface area contributed by atoms with E-state index in [1.54, 1.807) is 25.6 Å². The zero-order valence-corrected chi connectivity index (χ0v) is 12.7. The van der Waals surface area contributed by atoms with Gasteiger partial charge < -0.3 is 9.30 Å². The van der Waals surface area contributed by atoms with Crippen molar-refractivity contribution in [2.24, 2.45) is 4.99 Å². The van der Waals surface area contributed by atoms with Gasteiger partial charge in [-0.05, 0) is 42.5 Å². The molecule has 0 saturated carbocycles. The van der Waals surface area contributed by atoms with Crippen LogP contribution in [0.15, 0.2) is 65.9 Å². The summed E-state index contributed by atoms with van der Waals surface area (Å²) in [4.78, 5) is 8.57. The van der Waals surface area contributed by atoms with Crippen LogP contribution >= 0.6 is 11.6 Å². The minimum absolute atomic E-state index is 0.573. The molecule has 0 bridgehead atoms. The molecule has 0 radical (unpaired) electrons. The summed E-state index contributed by atoms with van der Waals surface area (Å²) in [5.74, 6) is 0.573. The van der Waals surface area contributed by atoms with Gasteiger partial charge in [-0.25, -0.2) is 4.98 Å². The van der Waals surface area contributed by atoms with Crippen LogP contribution in [0, 0.1) is 0 Å². The topological polar surface area (TPSA) is 39.4 Å². The van der Waals surface area contributed by atoms with Crippen molar-refractivity contribution in [3.8, 4) is 11.6 Å². The predicted octanol–water partition coefficient (Wildman–Crippen LogP) is 4.28. The van der Waals surface area contributed by atoms with Gasteiger partial charge in [0.2, 0.25) is 5.88 Å². The number of halogens is 1. The van der Waals surface area contributed by atoms with Gasteiger partial charge in [-0.1, -0.05) is 11.6 Å². The monoisotopic (exact) mass is 311 g/mol. The van der Waals surface area contributed by atoms with Gasteiger partial charge in [0.05, 0.1) is 30.9 Å². The fraction of sp³-hybridized carbons (Fsp3) is 0.0588. The first kappa shape index (κ1) is 14.4. The molecule has 0 unspecified atom stereocenters. The third-order valence-electron chi connectivity index (χ3n) is 3.16. The Labute approximate surface area is 133 Å². The van der Waals surface area contributed by atoms with Crippen LogP contribution in [0.1, 0.15) is 5.69 Å². The maximum Gasteiger partial charge on any atom is 0.213 e. The molecular weight excluding hydrogens is 298 g/mol. The minimum atomic E-state index is 0.573. The summed E-state index contributed by atoms with van der Waals surface area (Å²) in [5, 5.41) is 0.718. The van der Waals surface area contributed by atoms with E-state index in [0.29, 0.717) is 5.88 Å². The van der Waals surface area contributed by atoms with E-state index >= 15 is 0 Å². The molecule has 3 aromatic rings. The highest BCUT2D eigenvalue weighted by atomic mass is 35.5. The van der Waals surface area contributed by atoms with Gasteiger partial charge in [-0.2, -0.15) is 0 Å². The van der Waals surface area contributed by atoms with E-state index in [1.165, 1.54) is 0 Å². The molecule has 110 valence electrons. The highest BCUT2D eigenvalue weighted by molar-refractivity contribution is 6.30. The second-order valence-electron chi connectivity index (χ2n) is 4.60. The standard InChI is InChI=1S/C17H14ClN3O/c1-22-17-9-6-14(11-20-17)19-12-16-3-2-10-21(16)15-7-4-13(18)5-8-15/h2-12H,1H3. The summed E-state index contributed by atoms with van der Waals surface area (Å²) >= 11 is 5.93. The van der Waals surface area contributed by atoms with Gasteiger partial charge in [0, 0.05) is 23.0 Å². The molecule has 0 aliphatic carbocycles. The molecule has 0 amide bonds. The summed E-state index contributed by atoms with van der Waals surface area (Å²) in [5.41, 5.74) is 2.77. The van der Waals surface area contributed by atoms with E-state index in [2.05, 4.69) is 9.98 Å². The molecular formula is C17H14ClN3O. The van der Waals surface area contributed by atoms with E-state index in [0.717, 1.165) is 22.1 Å². The summed E-state index contributed by atoms with van der Waals surface area (Å²) in [6, 6.07) is 15.3. The van der Waals surface area contributed by atoms with Crippen molar-refractivity contribution in [1.82, 2.24) is 9.55 Å². The largest absolute Gasteiger partial charge is 0.481 e.